The van der Waals surface area contributed by atoms with Crippen molar-refractivity contribution < 1.29 is 24.1 Å². The lowest BCUT2D eigenvalue weighted by molar-refractivity contribution is -0.145. The average molecular weight is 383 g/mol. The van der Waals surface area contributed by atoms with Gasteiger partial charge in [-0.1, -0.05) is 24.6 Å². The van der Waals surface area contributed by atoms with Crippen molar-refractivity contribution in [1.29, 1.82) is 0 Å². The third-order valence-electron chi connectivity index (χ3n) is 5.36. The maximum Gasteiger partial charge on any atom is 0.320 e. The number of likely N-dealkylation sites (tertiary alicyclic amines) is 1. The van der Waals surface area contributed by atoms with E-state index in [9.17, 15) is 9.90 Å². The zero-order chi connectivity index (χ0) is 19.5. The molecule has 1 saturated heterocycles. The molecule has 1 fully saturated rings. The van der Waals surface area contributed by atoms with Crippen LogP contribution in [0.2, 0.25) is 0 Å². The van der Waals surface area contributed by atoms with E-state index in [1.165, 1.54) is 0 Å². The summed E-state index contributed by atoms with van der Waals surface area (Å²) in [5.74, 6) is 1.44. The topological polar surface area (TPSA) is 68.2 Å². The number of piperidine rings is 1. The van der Waals surface area contributed by atoms with Gasteiger partial charge in [-0.2, -0.15) is 0 Å². The summed E-state index contributed by atoms with van der Waals surface area (Å²) in [7, 11) is 0. The molecule has 0 spiro atoms. The third-order valence-corrected chi connectivity index (χ3v) is 5.36. The van der Waals surface area contributed by atoms with Gasteiger partial charge < -0.3 is 19.3 Å². The van der Waals surface area contributed by atoms with E-state index >= 15 is 0 Å². The summed E-state index contributed by atoms with van der Waals surface area (Å²) >= 11 is 0. The Kier molecular flexibility index (Phi) is 5.39. The minimum Gasteiger partial charge on any atom is -0.494 e. The smallest absolute Gasteiger partial charge is 0.320 e. The molecule has 2 heterocycles. The molecule has 2 aromatic rings. The molecule has 0 saturated carbocycles. The SMILES string of the molecule is CCOc1cccc(C(c2ccc3c(c2)OCO3)N2CCCCC2C(=O)O)c1. The highest BCUT2D eigenvalue weighted by atomic mass is 16.7. The Labute approximate surface area is 164 Å². The maximum atomic E-state index is 12.0. The summed E-state index contributed by atoms with van der Waals surface area (Å²) in [6.07, 6.45) is 2.57. The quantitative estimate of drug-likeness (QED) is 0.817. The molecule has 4 rings (SSSR count). The first-order chi connectivity index (χ1) is 13.7. The van der Waals surface area contributed by atoms with Crippen molar-refractivity contribution in [2.45, 2.75) is 38.3 Å². The molecular formula is C22H25NO5. The van der Waals surface area contributed by atoms with E-state index in [-0.39, 0.29) is 12.8 Å². The Morgan fingerprint density at radius 2 is 2.00 bits per heavy atom. The second kappa shape index (κ2) is 8.10. The average Bonchev–Trinajstić information content (AvgIpc) is 3.17. The fourth-order valence-electron chi connectivity index (χ4n) is 4.13. The van der Waals surface area contributed by atoms with Crippen molar-refractivity contribution >= 4 is 5.97 Å². The van der Waals surface area contributed by atoms with E-state index in [1.54, 1.807) is 0 Å². The van der Waals surface area contributed by atoms with Crippen molar-refractivity contribution in [1.82, 2.24) is 4.90 Å². The molecule has 0 amide bonds. The Balaban J connectivity index is 1.78. The highest BCUT2D eigenvalue weighted by Gasteiger charge is 2.35. The second-order valence-corrected chi connectivity index (χ2v) is 7.11. The number of hydrogen-bond acceptors (Lipinski definition) is 5. The summed E-state index contributed by atoms with van der Waals surface area (Å²) in [5, 5.41) is 9.83. The summed E-state index contributed by atoms with van der Waals surface area (Å²) in [6, 6.07) is 13.1. The van der Waals surface area contributed by atoms with Crippen LogP contribution in [-0.4, -0.2) is 42.0 Å². The number of carboxylic acid groups (broad SMARTS) is 1. The Morgan fingerprint density at radius 1 is 1.18 bits per heavy atom. The van der Waals surface area contributed by atoms with Crippen LogP contribution in [-0.2, 0) is 4.79 Å². The van der Waals surface area contributed by atoms with Crippen LogP contribution in [0, 0.1) is 0 Å². The van der Waals surface area contributed by atoms with Crippen molar-refractivity contribution in [3.63, 3.8) is 0 Å². The van der Waals surface area contributed by atoms with E-state index in [1.807, 2.05) is 49.4 Å². The van der Waals surface area contributed by atoms with Crippen molar-refractivity contribution in [2.24, 2.45) is 0 Å². The minimum atomic E-state index is -0.772. The van der Waals surface area contributed by atoms with Crippen LogP contribution in [0.15, 0.2) is 42.5 Å². The molecule has 2 unspecified atom stereocenters. The highest BCUT2D eigenvalue weighted by Crippen LogP contribution is 2.40. The molecular weight excluding hydrogens is 358 g/mol. The van der Waals surface area contributed by atoms with Crippen molar-refractivity contribution in [2.75, 3.05) is 19.9 Å². The molecule has 0 aliphatic carbocycles. The van der Waals surface area contributed by atoms with E-state index in [0.29, 0.717) is 18.8 Å². The standard InChI is InChI=1S/C22H25NO5/c1-2-26-17-7-5-6-15(12-17)21(23-11-4-3-8-18(23)22(24)25)16-9-10-19-20(13-16)28-14-27-19/h5-7,9-10,12-13,18,21H,2-4,8,11,14H2,1H3,(H,24,25). The number of ether oxygens (including phenoxy) is 3. The molecule has 28 heavy (non-hydrogen) atoms. The molecule has 2 aliphatic heterocycles. The molecule has 0 radical (unpaired) electrons. The van der Waals surface area contributed by atoms with Gasteiger partial charge in [-0.05, 0) is 61.7 Å². The normalized spacial score (nSPS) is 20.0. The van der Waals surface area contributed by atoms with Gasteiger partial charge in [-0.15, -0.1) is 0 Å². The van der Waals surface area contributed by atoms with Crippen LogP contribution in [0.4, 0.5) is 0 Å². The monoisotopic (exact) mass is 383 g/mol. The van der Waals surface area contributed by atoms with Crippen LogP contribution >= 0.6 is 0 Å². The van der Waals surface area contributed by atoms with Gasteiger partial charge in [0.05, 0.1) is 12.6 Å². The fraction of sp³-hybridized carbons (Fsp3) is 0.409. The number of hydrogen-bond donors (Lipinski definition) is 1. The lowest BCUT2D eigenvalue weighted by Crippen LogP contribution is -2.46. The van der Waals surface area contributed by atoms with Gasteiger partial charge in [-0.3, -0.25) is 9.69 Å². The Morgan fingerprint density at radius 3 is 2.82 bits per heavy atom. The Bertz CT molecular complexity index is 853. The largest absolute Gasteiger partial charge is 0.494 e. The molecule has 148 valence electrons. The number of carbonyl (C=O) groups is 1. The van der Waals surface area contributed by atoms with Gasteiger partial charge in [0, 0.05) is 0 Å². The maximum absolute atomic E-state index is 12.0. The molecule has 2 atom stereocenters. The lowest BCUT2D eigenvalue weighted by atomic mass is 9.91. The Hall–Kier alpha value is -2.73. The molecule has 6 heteroatoms. The van der Waals surface area contributed by atoms with Gasteiger partial charge in [0.25, 0.3) is 0 Å². The van der Waals surface area contributed by atoms with Gasteiger partial charge in [-0.25, -0.2) is 0 Å². The zero-order valence-corrected chi connectivity index (χ0v) is 16.0. The van der Waals surface area contributed by atoms with E-state index in [0.717, 1.165) is 42.0 Å². The summed E-state index contributed by atoms with van der Waals surface area (Å²) in [6.45, 7) is 3.48. The number of carboxylic acids is 1. The van der Waals surface area contributed by atoms with E-state index < -0.39 is 12.0 Å². The van der Waals surface area contributed by atoms with E-state index in [4.69, 9.17) is 14.2 Å². The summed E-state index contributed by atoms with van der Waals surface area (Å²) in [4.78, 5) is 14.1. The molecule has 2 aromatic carbocycles. The number of nitrogens with zero attached hydrogens (tertiary/aromatic N) is 1. The first-order valence-corrected chi connectivity index (χ1v) is 9.78. The van der Waals surface area contributed by atoms with Gasteiger partial charge in [0.1, 0.15) is 11.8 Å². The van der Waals surface area contributed by atoms with Crippen LogP contribution in [0.1, 0.15) is 43.4 Å². The molecule has 0 aromatic heterocycles. The van der Waals surface area contributed by atoms with Gasteiger partial charge in [0.15, 0.2) is 11.5 Å². The van der Waals surface area contributed by atoms with Crippen LogP contribution in [0.5, 0.6) is 17.2 Å². The van der Waals surface area contributed by atoms with Gasteiger partial charge >= 0.3 is 5.97 Å². The number of aliphatic carboxylic acids is 1. The minimum absolute atomic E-state index is 0.198. The molecule has 1 N–H and O–H groups in total. The van der Waals surface area contributed by atoms with Crippen LogP contribution in [0.25, 0.3) is 0 Å². The van der Waals surface area contributed by atoms with Crippen LogP contribution in [0.3, 0.4) is 0 Å². The summed E-state index contributed by atoms with van der Waals surface area (Å²) in [5.41, 5.74) is 2.00. The first-order valence-electron chi connectivity index (χ1n) is 9.78. The third kappa shape index (κ3) is 3.64. The highest BCUT2D eigenvalue weighted by molar-refractivity contribution is 5.73. The second-order valence-electron chi connectivity index (χ2n) is 7.11. The van der Waals surface area contributed by atoms with Crippen molar-refractivity contribution in [3.8, 4) is 17.2 Å². The molecule has 0 bridgehead atoms. The summed E-state index contributed by atoms with van der Waals surface area (Å²) < 4.78 is 16.7. The zero-order valence-electron chi connectivity index (χ0n) is 16.0. The lowest BCUT2D eigenvalue weighted by Gasteiger charge is -2.39. The predicted molar refractivity (Wildman–Crippen MR) is 104 cm³/mol. The van der Waals surface area contributed by atoms with E-state index in [2.05, 4.69) is 4.90 Å². The molecule has 2 aliphatic rings. The number of benzene rings is 2. The van der Waals surface area contributed by atoms with Crippen LogP contribution < -0.4 is 14.2 Å². The number of fused-ring (bicyclic) bond motifs is 1. The predicted octanol–water partition coefficient (Wildman–Crippen LogP) is 3.84. The number of rotatable bonds is 6. The molecule has 6 nitrogen and oxygen atoms in total. The first kappa shape index (κ1) is 18.6. The van der Waals surface area contributed by atoms with Crippen molar-refractivity contribution in [3.05, 3.63) is 53.6 Å². The van der Waals surface area contributed by atoms with Gasteiger partial charge in [0.2, 0.25) is 6.79 Å². The fourth-order valence-corrected chi connectivity index (χ4v) is 4.13.